The number of hydrogen-bond acceptors (Lipinski definition) is 5. The van der Waals surface area contributed by atoms with Crippen LogP contribution in [0.2, 0.25) is 0 Å². The molecule has 1 aliphatic rings. The molecule has 21 heavy (non-hydrogen) atoms. The van der Waals surface area contributed by atoms with Crippen molar-refractivity contribution in [2.45, 2.75) is 6.42 Å². The quantitative estimate of drug-likeness (QED) is 0.871. The van der Waals surface area contributed by atoms with Crippen molar-refractivity contribution in [2.24, 2.45) is 5.92 Å². The second kappa shape index (κ2) is 5.67. The molecule has 1 atom stereocenters. The van der Waals surface area contributed by atoms with Crippen LogP contribution in [0.3, 0.4) is 0 Å². The summed E-state index contributed by atoms with van der Waals surface area (Å²) in [5, 5.41) is 15.4. The predicted molar refractivity (Wildman–Crippen MR) is 75.9 cm³/mol. The molecule has 2 heterocycles. The molecule has 1 aromatic carbocycles. The molecule has 1 saturated heterocycles. The molecule has 1 aromatic heterocycles. The van der Waals surface area contributed by atoms with E-state index in [1.807, 2.05) is 30.3 Å². The lowest BCUT2D eigenvalue weighted by molar-refractivity contribution is -0.119. The van der Waals surface area contributed by atoms with Gasteiger partial charge in [-0.1, -0.05) is 35.5 Å². The summed E-state index contributed by atoms with van der Waals surface area (Å²) >= 11 is 0. The Morgan fingerprint density at radius 3 is 2.95 bits per heavy atom. The van der Waals surface area contributed by atoms with Crippen molar-refractivity contribution in [1.82, 2.24) is 10.1 Å². The Balaban J connectivity index is 1.65. The van der Waals surface area contributed by atoms with Gasteiger partial charge in [-0.2, -0.15) is 5.26 Å². The Morgan fingerprint density at radius 2 is 2.24 bits per heavy atom. The number of nitrogens with one attached hydrogen (secondary N) is 1. The van der Waals surface area contributed by atoms with Gasteiger partial charge < -0.3 is 14.7 Å². The molecule has 1 aliphatic heterocycles. The Kier molecular flexibility index (Phi) is 3.56. The third-order valence-corrected chi connectivity index (χ3v) is 3.52. The molecule has 0 bridgehead atoms. The van der Waals surface area contributed by atoms with Crippen molar-refractivity contribution in [2.75, 3.05) is 18.4 Å². The van der Waals surface area contributed by atoms with E-state index in [4.69, 9.17) is 9.78 Å². The minimum Gasteiger partial charge on any atom is -0.354 e. The SMILES string of the molecule is N#CN1CCC(C(=O)Nc2cc(-c3ccccc3)on2)C1. The van der Waals surface area contributed by atoms with Gasteiger partial charge in [0.2, 0.25) is 5.91 Å². The van der Waals surface area contributed by atoms with Gasteiger partial charge in [0.05, 0.1) is 5.92 Å². The van der Waals surface area contributed by atoms with E-state index in [9.17, 15) is 4.79 Å². The minimum absolute atomic E-state index is 0.124. The molecule has 0 radical (unpaired) electrons. The number of carbonyl (C=O) groups excluding carboxylic acids is 1. The lowest BCUT2D eigenvalue weighted by Crippen LogP contribution is -2.25. The van der Waals surface area contributed by atoms with Gasteiger partial charge in [-0.15, -0.1) is 0 Å². The number of nitrogens with zero attached hydrogens (tertiary/aromatic N) is 3. The number of hydrogen-bond donors (Lipinski definition) is 1. The maximum absolute atomic E-state index is 12.1. The highest BCUT2D eigenvalue weighted by atomic mass is 16.5. The van der Waals surface area contributed by atoms with E-state index in [2.05, 4.69) is 16.7 Å². The highest BCUT2D eigenvalue weighted by Crippen LogP contribution is 2.23. The fourth-order valence-corrected chi connectivity index (χ4v) is 2.37. The maximum atomic E-state index is 12.1. The molecular formula is C15H14N4O2. The monoisotopic (exact) mass is 282 g/mol. The maximum Gasteiger partial charge on any atom is 0.230 e. The minimum atomic E-state index is -0.179. The van der Waals surface area contributed by atoms with Gasteiger partial charge in [0.15, 0.2) is 17.8 Å². The van der Waals surface area contributed by atoms with Crippen LogP contribution in [0.1, 0.15) is 6.42 Å². The molecule has 6 heteroatoms. The molecule has 1 N–H and O–H groups in total. The van der Waals surface area contributed by atoms with E-state index in [-0.39, 0.29) is 11.8 Å². The Hall–Kier alpha value is -2.81. The van der Waals surface area contributed by atoms with E-state index in [0.717, 1.165) is 5.56 Å². The second-order valence-electron chi connectivity index (χ2n) is 4.96. The first-order valence-corrected chi connectivity index (χ1v) is 6.74. The molecule has 0 spiro atoms. The average molecular weight is 282 g/mol. The first kappa shape index (κ1) is 13.2. The van der Waals surface area contributed by atoms with Gasteiger partial charge in [0.1, 0.15) is 0 Å². The van der Waals surface area contributed by atoms with E-state index in [1.165, 1.54) is 0 Å². The van der Waals surface area contributed by atoms with Crippen molar-refractivity contribution in [3.8, 4) is 17.5 Å². The van der Waals surface area contributed by atoms with E-state index < -0.39 is 0 Å². The summed E-state index contributed by atoms with van der Waals surface area (Å²) in [5.74, 6) is 0.701. The Morgan fingerprint density at radius 1 is 1.43 bits per heavy atom. The van der Waals surface area contributed by atoms with Crippen LogP contribution in [0.25, 0.3) is 11.3 Å². The number of aromatic nitrogens is 1. The standard InChI is InChI=1S/C15H14N4O2/c16-10-19-7-6-12(9-19)15(20)17-14-8-13(21-18-14)11-4-2-1-3-5-11/h1-5,8,12H,6-7,9H2,(H,17,18,20). The van der Waals surface area contributed by atoms with Crippen LogP contribution in [0.15, 0.2) is 40.9 Å². The number of benzene rings is 1. The molecule has 0 aliphatic carbocycles. The summed E-state index contributed by atoms with van der Waals surface area (Å²) < 4.78 is 5.23. The fourth-order valence-electron chi connectivity index (χ4n) is 2.37. The van der Waals surface area contributed by atoms with Gasteiger partial charge in [-0.3, -0.25) is 4.79 Å². The molecule has 1 fully saturated rings. The third-order valence-electron chi connectivity index (χ3n) is 3.52. The number of likely N-dealkylation sites (tertiary alicyclic amines) is 1. The summed E-state index contributed by atoms with van der Waals surface area (Å²) in [6.45, 7) is 1.09. The van der Waals surface area contributed by atoms with Gasteiger partial charge in [0, 0.05) is 24.7 Å². The van der Waals surface area contributed by atoms with Crippen molar-refractivity contribution in [1.29, 1.82) is 5.26 Å². The van der Waals surface area contributed by atoms with Crippen molar-refractivity contribution >= 4 is 11.7 Å². The fraction of sp³-hybridized carbons (Fsp3) is 0.267. The zero-order valence-electron chi connectivity index (χ0n) is 11.3. The topological polar surface area (TPSA) is 82.2 Å². The summed E-state index contributed by atoms with van der Waals surface area (Å²) in [6.07, 6.45) is 2.74. The Labute approximate surface area is 122 Å². The zero-order valence-corrected chi connectivity index (χ0v) is 11.3. The highest BCUT2D eigenvalue weighted by Gasteiger charge is 2.28. The van der Waals surface area contributed by atoms with Crippen LogP contribution in [0.5, 0.6) is 0 Å². The largest absolute Gasteiger partial charge is 0.354 e. The highest BCUT2D eigenvalue weighted by molar-refractivity contribution is 5.92. The number of amides is 1. The number of anilines is 1. The van der Waals surface area contributed by atoms with E-state index >= 15 is 0 Å². The molecular weight excluding hydrogens is 268 g/mol. The van der Waals surface area contributed by atoms with Crippen LogP contribution < -0.4 is 5.32 Å². The number of rotatable bonds is 3. The van der Waals surface area contributed by atoms with Crippen molar-refractivity contribution in [3.05, 3.63) is 36.4 Å². The smallest absolute Gasteiger partial charge is 0.230 e. The lowest BCUT2D eigenvalue weighted by Gasteiger charge is -2.08. The average Bonchev–Trinajstić information content (AvgIpc) is 3.17. The zero-order chi connectivity index (χ0) is 14.7. The normalized spacial score (nSPS) is 17.5. The second-order valence-corrected chi connectivity index (χ2v) is 4.96. The predicted octanol–water partition coefficient (Wildman–Crippen LogP) is 2.08. The van der Waals surface area contributed by atoms with Gasteiger partial charge >= 0.3 is 0 Å². The van der Waals surface area contributed by atoms with E-state index in [0.29, 0.717) is 31.1 Å². The van der Waals surface area contributed by atoms with Crippen LogP contribution in [-0.4, -0.2) is 29.1 Å². The molecule has 2 aromatic rings. The summed E-state index contributed by atoms with van der Waals surface area (Å²) in [5.41, 5.74) is 0.905. The van der Waals surface area contributed by atoms with Crippen LogP contribution in [-0.2, 0) is 4.79 Å². The molecule has 6 nitrogen and oxygen atoms in total. The molecule has 3 rings (SSSR count). The summed E-state index contributed by atoms with van der Waals surface area (Å²) in [6, 6.07) is 11.3. The van der Waals surface area contributed by atoms with E-state index in [1.54, 1.807) is 11.0 Å². The number of nitriles is 1. The Bertz CT molecular complexity index is 674. The van der Waals surface area contributed by atoms with Gasteiger partial charge in [-0.25, -0.2) is 0 Å². The van der Waals surface area contributed by atoms with Gasteiger partial charge in [0.25, 0.3) is 0 Å². The third kappa shape index (κ3) is 2.87. The molecule has 1 amide bonds. The first-order valence-electron chi connectivity index (χ1n) is 6.74. The molecule has 106 valence electrons. The van der Waals surface area contributed by atoms with Gasteiger partial charge in [-0.05, 0) is 6.42 Å². The number of carbonyl (C=O) groups is 1. The first-order chi connectivity index (χ1) is 10.3. The van der Waals surface area contributed by atoms with Crippen LogP contribution in [0, 0.1) is 17.4 Å². The van der Waals surface area contributed by atoms with Crippen LogP contribution >= 0.6 is 0 Å². The summed E-state index contributed by atoms with van der Waals surface area (Å²) in [4.78, 5) is 13.7. The lowest BCUT2D eigenvalue weighted by atomic mass is 10.1. The van der Waals surface area contributed by atoms with Crippen molar-refractivity contribution < 1.29 is 9.32 Å². The molecule has 1 unspecified atom stereocenters. The molecule has 0 saturated carbocycles. The summed E-state index contributed by atoms with van der Waals surface area (Å²) in [7, 11) is 0. The van der Waals surface area contributed by atoms with Crippen molar-refractivity contribution in [3.63, 3.8) is 0 Å². The van der Waals surface area contributed by atoms with Crippen LogP contribution in [0.4, 0.5) is 5.82 Å².